The molecule has 0 bridgehead atoms. The Labute approximate surface area is 170 Å². The van der Waals surface area contributed by atoms with Crippen molar-refractivity contribution in [3.05, 3.63) is 53.6 Å². The largest absolute Gasteiger partial charge is 0.384 e. The van der Waals surface area contributed by atoms with Gasteiger partial charge in [0, 0.05) is 48.8 Å². The van der Waals surface area contributed by atoms with Crippen LogP contribution in [0.15, 0.2) is 36.7 Å². The summed E-state index contributed by atoms with van der Waals surface area (Å²) in [6.45, 7) is 4.29. The number of carbonyl (C=O) groups is 1. The van der Waals surface area contributed by atoms with Crippen LogP contribution in [-0.2, 0) is 17.8 Å². The van der Waals surface area contributed by atoms with Crippen molar-refractivity contribution in [2.24, 2.45) is 0 Å². The normalized spacial score (nSPS) is 16.8. The predicted molar refractivity (Wildman–Crippen MR) is 114 cm³/mol. The molecule has 4 rings (SSSR count). The molecule has 29 heavy (non-hydrogen) atoms. The first-order valence-electron chi connectivity index (χ1n) is 10.1. The lowest BCUT2D eigenvalue weighted by Gasteiger charge is -2.24. The van der Waals surface area contributed by atoms with E-state index < -0.39 is 0 Å². The molecule has 3 aromatic rings. The van der Waals surface area contributed by atoms with Crippen molar-refractivity contribution in [1.82, 2.24) is 24.8 Å². The number of aromatic amines is 1. The van der Waals surface area contributed by atoms with E-state index in [1.807, 2.05) is 11.1 Å². The van der Waals surface area contributed by atoms with Gasteiger partial charge in [0.1, 0.15) is 11.6 Å². The van der Waals surface area contributed by atoms with Gasteiger partial charge >= 0.3 is 0 Å². The van der Waals surface area contributed by atoms with Crippen molar-refractivity contribution in [3.8, 4) is 0 Å². The molecule has 1 saturated heterocycles. The Hall–Kier alpha value is -2.93. The summed E-state index contributed by atoms with van der Waals surface area (Å²) >= 11 is 0. The van der Waals surface area contributed by atoms with Crippen molar-refractivity contribution < 1.29 is 4.79 Å². The number of carbonyl (C=O) groups excluding carboxylic acids is 1. The Morgan fingerprint density at radius 3 is 3.07 bits per heavy atom. The molecular formula is C22H28N6O. The minimum Gasteiger partial charge on any atom is -0.384 e. The number of likely N-dealkylation sites (tertiary alicyclic amines) is 1. The average molecular weight is 393 g/mol. The summed E-state index contributed by atoms with van der Waals surface area (Å²) in [5, 5.41) is 1.22. The minimum absolute atomic E-state index is 0.225. The number of nitrogens with zero attached hydrogens (tertiary/aromatic N) is 4. The number of amides is 1. The number of likely N-dealkylation sites (N-methyl/N-ethyl adjacent to an activating group) is 1. The fraction of sp³-hybridized carbons (Fsp3) is 0.409. The van der Waals surface area contributed by atoms with Crippen molar-refractivity contribution in [1.29, 1.82) is 0 Å². The number of para-hydroxylation sites is 1. The molecular weight excluding hydrogens is 364 g/mol. The third-order valence-corrected chi connectivity index (χ3v) is 5.87. The number of rotatable bonds is 6. The van der Waals surface area contributed by atoms with Crippen LogP contribution in [0.2, 0.25) is 0 Å². The van der Waals surface area contributed by atoms with E-state index in [1.54, 1.807) is 12.3 Å². The molecule has 1 fully saturated rings. The molecule has 3 N–H and O–H groups in total. The van der Waals surface area contributed by atoms with Gasteiger partial charge < -0.3 is 15.6 Å². The Balaban J connectivity index is 1.31. The van der Waals surface area contributed by atoms with Gasteiger partial charge in [0.05, 0.1) is 6.54 Å². The second-order valence-electron chi connectivity index (χ2n) is 7.91. The molecule has 1 aliphatic heterocycles. The number of anilines is 1. The summed E-state index contributed by atoms with van der Waals surface area (Å²) < 4.78 is 0. The van der Waals surface area contributed by atoms with Gasteiger partial charge in [0.15, 0.2) is 0 Å². The van der Waals surface area contributed by atoms with Gasteiger partial charge in [-0.3, -0.25) is 9.69 Å². The number of benzene rings is 1. The SMILES string of the molecule is Cc1cccc2c(CCC(=O)N3CC[C@@H](N(C)Cc4nccc(N)n4)C3)c[nH]c12. The van der Waals surface area contributed by atoms with Gasteiger partial charge in [0.2, 0.25) is 5.91 Å². The van der Waals surface area contributed by atoms with E-state index in [-0.39, 0.29) is 5.91 Å². The summed E-state index contributed by atoms with van der Waals surface area (Å²) in [5.41, 5.74) is 9.35. The highest BCUT2D eigenvalue weighted by molar-refractivity contribution is 5.86. The second-order valence-corrected chi connectivity index (χ2v) is 7.91. The first kappa shape index (κ1) is 19.4. The average Bonchev–Trinajstić information content (AvgIpc) is 3.34. The molecule has 0 saturated carbocycles. The number of aryl methyl sites for hydroxylation is 2. The van der Waals surface area contributed by atoms with E-state index in [0.717, 1.165) is 25.9 Å². The lowest BCUT2D eigenvalue weighted by Crippen LogP contribution is -2.36. The number of aromatic nitrogens is 3. The van der Waals surface area contributed by atoms with E-state index in [1.165, 1.54) is 22.0 Å². The van der Waals surface area contributed by atoms with E-state index >= 15 is 0 Å². The van der Waals surface area contributed by atoms with Crippen molar-refractivity contribution in [2.75, 3.05) is 25.9 Å². The van der Waals surface area contributed by atoms with Crippen LogP contribution in [0, 0.1) is 6.92 Å². The quantitative estimate of drug-likeness (QED) is 0.673. The highest BCUT2D eigenvalue weighted by Gasteiger charge is 2.29. The number of nitrogen functional groups attached to an aromatic ring is 1. The van der Waals surface area contributed by atoms with Gasteiger partial charge in [-0.15, -0.1) is 0 Å². The van der Waals surface area contributed by atoms with Crippen LogP contribution in [0.3, 0.4) is 0 Å². The molecule has 152 valence electrons. The molecule has 0 aliphatic carbocycles. The summed E-state index contributed by atoms with van der Waals surface area (Å²) in [6.07, 6.45) is 5.99. The highest BCUT2D eigenvalue weighted by Crippen LogP contribution is 2.23. The van der Waals surface area contributed by atoms with Gasteiger partial charge in [-0.1, -0.05) is 18.2 Å². The lowest BCUT2D eigenvalue weighted by molar-refractivity contribution is -0.130. The summed E-state index contributed by atoms with van der Waals surface area (Å²) in [6, 6.07) is 8.30. The maximum absolute atomic E-state index is 12.8. The predicted octanol–water partition coefficient (Wildman–Crippen LogP) is 2.51. The topological polar surface area (TPSA) is 91.1 Å². The molecule has 7 nitrogen and oxygen atoms in total. The number of nitrogens with two attached hydrogens (primary N) is 1. The lowest BCUT2D eigenvalue weighted by atomic mass is 10.1. The van der Waals surface area contributed by atoms with Crippen LogP contribution in [0.1, 0.15) is 29.8 Å². The van der Waals surface area contributed by atoms with E-state index in [9.17, 15) is 4.79 Å². The number of H-pyrrole nitrogens is 1. The highest BCUT2D eigenvalue weighted by atomic mass is 16.2. The fourth-order valence-corrected chi connectivity index (χ4v) is 4.14. The van der Waals surface area contributed by atoms with Crippen LogP contribution in [-0.4, -0.2) is 56.8 Å². The second kappa shape index (κ2) is 8.21. The number of nitrogens with one attached hydrogen (secondary N) is 1. The Kier molecular flexibility index (Phi) is 5.49. The zero-order valence-electron chi connectivity index (χ0n) is 17.1. The standard InChI is InChI=1S/C22H28N6O/c1-15-4-3-5-18-16(12-25-22(15)18)6-7-21(29)28-11-9-17(13-28)27(2)14-20-24-10-8-19(23)26-20/h3-5,8,10,12,17,25H,6-7,9,11,13-14H2,1-2H3,(H2,23,24,26)/t17-/m1/s1. The molecule has 0 unspecified atom stereocenters. The Morgan fingerprint density at radius 1 is 1.38 bits per heavy atom. The minimum atomic E-state index is 0.225. The van der Waals surface area contributed by atoms with Crippen molar-refractivity contribution in [3.63, 3.8) is 0 Å². The van der Waals surface area contributed by atoms with E-state index in [0.29, 0.717) is 30.6 Å². The van der Waals surface area contributed by atoms with Gasteiger partial charge in [0.25, 0.3) is 0 Å². The first-order chi connectivity index (χ1) is 14.0. The van der Waals surface area contributed by atoms with Crippen LogP contribution < -0.4 is 5.73 Å². The van der Waals surface area contributed by atoms with Crippen molar-refractivity contribution in [2.45, 2.75) is 38.8 Å². The van der Waals surface area contributed by atoms with Crippen LogP contribution in [0.5, 0.6) is 0 Å². The van der Waals surface area contributed by atoms with Crippen molar-refractivity contribution >= 4 is 22.6 Å². The number of hydrogen-bond donors (Lipinski definition) is 2. The first-order valence-corrected chi connectivity index (χ1v) is 10.1. The maximum atomic E-state index is 12.8. The van der Waals surface area contributed by atoms with Crippen LogP contribution >= 0.6 is 0 Å². The van der Waals surface area contributed by atoms with E-state index in [4.69, 9.17) is 5.73 Å². The Bertz CT molecular complexity index is 1010. The fourth-order valence-electron chi connectivity index (χ4n) is 4.14. The van der Waals surface area contributed by atoms with Gasteiger partial charge in [-0.2, -0.15) is 0 Å². The van der Waals surface area contributed by atoms with E-state index in [2.05, 4.69) is 52.0 Å². The van der Waals surface area contributed by atoms with Crippen LogP contribution in [0.25, 0.3) is 10.9 Å². The molecule has 2 aromatic heterocycles. The summed E-state index contributed by atoms with van der Waals surface area (Å²) in [4.78, 5) is 28.9. The molecule has 7 heteroatoms. The molecule has 0 spiro atoms. The Morgan fingerprint density at radius 2 is 2.24 bits per heavy atom. The number of fused-ring (bicyclic) bond motifs is 1. The summed E-state index contributed by atoms with van der Waals surface area (Å²) in [7, 11) is 2.06. The van der Waals surface area contributed by atoms with Gasteiger partial charge in [-0.25, -0.2) is 9.97 Å². The smallest absolute Gasteiger partial charge is 0.222 e. The third-order valence-electron chi connectivity index (χ3n) is 5.87. The molecule has 1 atom stereocenters. The zero-order valence-corrected chi connectivity index (χ0v) is 17.1. The summed E-state index contributed by atoms with van der Waals surface area (Å²) in [5.74, 6) is 1.43. The number of hydrogen-bond acceptors (Lipinski definition) is 5. The molecule has 1 aliphatic rings. The maximum Gasteiger partial charge on any atom is 0.222 e. The molecule has 3 heterocycles. The zero-order chi connectivity index (χ0) is 20.4. The molecule has 1 aromatic carbocycles. The molecule has 0 radical (unpaired) electrons. The van der Waals surface area contributed by atoms with Gasteiger partial charge in [-0.05, 0) is 44.0 Å². The third kappa shape index (κ3) is 4.24. The monoisotopic (exact) mass is 392 g/mol. The van der Waals surface area contributed by atoms with Crippen LogP contribution in [0.4, 0.5) is 5.82 Å². The molecule has 1 amide bonds.